The van der Waals surface area contributed by atoms with Gasteiger partial charge in [-0.05, 0) is 19.4 Å². The van der Waals surface area contributed by atoms with Crippen LogP contribution < -0.4 is 5.32 Å². The first kappa shape index (κ1) is 13.1. The van der Waals surface area contributed by atoms with Gasteiger partial charge in [0.1, 0.15) is 12.2 Å². The average molecular weight is 233 g/mol. The van der Waals surface area contributed by atoms with Crippen molar-refractivity contribution in [2.24, 2.45) is 0 Å². The van der Waals surface area contributed by atoms with Gasteiger partial charge in [0.25, 0.3) is 0 Å². The van der Waals surface area contributed by atoms with Crippen molar-refractivity contribution >= 4 is 18.0 Å². The molecule has 0 radical (unpaired) electrons. The molecule has 2 unspecified atom stereocenters. The van der Waals surface area contributed by atoms with E-state index in [1.165, 1.54) is 6.92 Å². The molecule has 0 aliphatic rings. The minimum absolute atomic E-state index is 0.143. The van der Waals surface area contributed by atoms with Crippen LogP contribution in [0.15, 0.2) is 30.3 Å². The molecule has 0 spiro atoms. The van der Waals surface area contributed by atoms with Gasteiger partial charge in [-0.2, -0.15) is 0 Å². The molecule has 1 aromatic carbocycles. The molecule has 0 saturated heterocycles. The van der Waals surface area contributed by atoms with Crippen molar-refractivity contribution in [3.05, 3.63) is 35.9 Å². The summed E-state index contributed by atoms with van der Waals surface area (Å²) in [6, 6.07) is 8.16. The number of aldehydes is 1. The normalized spacial score (nSPS) is 13.5. The van der Waals surface area contributed by atoms with Gasteiger partial charge in [-0.3, -0.25) is 9.59 Å². The first-order chi connectivity index (χ1) is 8.06. The first-order valence-electron chi connectivity index (χ1n) is 5.37. The van der Waals surface area contributed by atoms with Crippen LogP contribution in [0.2, 0.25) is 0 Å². The van der Waals surface area contributed by atoms with Crippen molar-refractivity contribution in [2.75, 3.05) is 0 Å². The third-order valence-electron chi connectivity index (χ3n) is 2.55. The quantitative estimate of drug-likeness (QED) is 0.611. The Morgan fingerprint density at radius 1 is 1.24 bits per heavy atom. The Balaban J connectivity index is 2.79. The highest BCUT2D eigenvalue weighted by Gasteiger charge is 2.22. The Labute approximate surface area is 100 Å². The smallest absolute Gasteiger partial charge is 0.235 e. The second kappa shape index (κ2) is 5.94. The molecular formula is C13H15NO3. The third kappa shape index (κ3) is 3.52. The molecule has 4 nitrogen and oxygen atoms in total. The fourth-order valence-corrected chi connectivity index (χ4v) is 1.36. The standard InChI is InChI=1S/C13H15NO3/c1-9(10(2)16)14-13(17)12(8-15)11-6-4-3-5-7-11/h3-9,12H,1-2H3,(H,14,17). The number of hydrogen-bond acceptors (Lipinski definition) is 3. The predicted octanol–water partition coefficient (Wildman–Crippen LogP) is 1.06. The van der Waals surface area contributed by atoms with Crippen LogP contribution in [0.5, 0.6) is 0 Å². The molecule has 0 aliphatic heterocycles. The SMILES string of the molecule is CC(=O)C(C)NC(=O)C(C=O)c1ccccc1. The lowest BCUT2D eigenvalue weighted by Crippen LogP contribution is -2.40. The van der Waals surface area contributed by atoms with E-state index in [1.54, 1.807) is 31.2 Å². The molecule has 0 bridgehead atoms. The van der Waals surface area contributed by atoms with Crippen LogP contribution in [0.1, 0.15) is 25.3 Å². The maximum Gasteiger partial charge on any atom is 0.235 e. The summed E-state index contributed by atoms with van der Waals surface area (Å²) in [5, 5.41) is 2.51. The van der Waals surface area contributed by atoms with E-state index in [2.05, 4.69) is 5.32 Å². The van der Waals surface area contributed by atoms with Crippen molar-refractivity contribution < 1.29 is 14.4 Å². The van der Waals surface area contributed by atoms with E-state index in [4.69, 9.17) is 0 Å². The van der Waals surface area contributed by atoms with Crippen LogP contribution in [0, 0.1) is 0 Å². The fourth-order valence-electron chi connectivity index (χ4n) is 1.36. The van der Waals surface area contributed by atoms with Gasteiger partial charge in [-0.15, -0.1) is 0 Å². The zero-order valence-corrected chi connectivity index (χ0v) is 9.84. The topological polar surface area (TPSA) is 63.2 Å². The lowest BCUT2D eigenvalue weighted by atomic mass is 9.99. The van der Waals surface area contributed by atoms with E-state index in [0.717, 1.165) is 0 Å². The van der Waals surface area contributed by atoms with Gasteiger partial charge in [-0.1, -0.05) is 30.3 Å². The maximum atomic E-state index is 11.8. The third-order valence-corrected chi connectivity index (χ3v) is 2.55. The van der Waals surface area contributed by atoms with Crippen LogP contribution in [0.4, 0.5) is 0 Å². The van der Waals surface area contributed by atoms with E-state index in [0.29, 0.717) is 11.8 Å². The molecule has 0 heterocycles. The Bertz CT molecular complexity index is 414. The largest absolute Gasteiger partial charge is 0.346 e. The number of rotatable bonds is 5. The van der Waals surface area contributed by atoms with Crippen molar-refractivity contribution in [1.29, 1.82) is 0 Å². The number of hydrogen-bond donors (Lipinski definition) is 1. The molecule has 17 heavy (non-hydrogen) atoms. The van der Waals surface area contributed by atoms with E-state index in [1.807, 2.05) is 6.07 Å². The van der Waals surface area contributed by atoms with Gasteiger partial charge in [0, 0.05) is 0 Å². The van der Waals surface area contributed by atoms with Crippen LogP contribution in [-0.2, 0) is 14.4 Å². The van der Waals surface area contributed by atoms with Crippen molar-refractivity contribution in [2.45, 2.75) is 25.8 Å². The zero-order chi connectivity index (χ0) is 12.8. The van der Waals surface area contributed by atoms with E-state index in [-0.39, 0.29) is 5.78 Å². The van der Waals surface area contributed by atoms with Crippen LogP contribution in [0.25, 0.3) is 0 Å². The van der Waals surface area contributed by atoms with Gasteiger partial charge in [0.2, 0.25) is 5.91 Å². The van der Waals surface area contributed by atoms with Crippen LogP contribution in [0.3, 0.4) is 0 Å². The monoisotopic (exact) mass is 233 g/mol. The number of carbonyl (C=O) groups excluding carboxylic acids is 3. The summed E-state index contributed by atoms with van der Waals surface area (Å²) in [4.78, 5) is 33.8. The molecule has 90 valence electrons. The predicted molar refractivity (Wildman–Crippen MR) is 63.5 cm³/mol. The zero-order valence-electron chi connectivity index (χ0n) is 9.84. The van der Waals surface area contributed by atoms with Crippen LogP contribution in [-0.4, -0.2) is 24.0 Å². The van der Waals surface area contributed by atoms with E-state index >= 15 is 0 Å². The van der Waals surface area contributed by atoms with Gasteiger partial charge >= 0.3 is 0 Å². The summed E-state index contributed by atoms with van der Waals surface area (Å²) in [7, 11) is 0. The number of Topliss-reactive ketones (excluding diaryl/α,β-unsaturated/α-hetero) is 1. The minimum Gasteiger partial charge on any atom is -0.346 e. The number of nitrogens with one attached hydrogen (secondary N) is 1. The number of carbonyl (C=O) groups is 3. The van der Waals surface area contributed by atoms with E-state index < -0.39 is 17.9 Å². The molecule has 0 fully saturated rings. The molecular weight excluding hydrogens is 218 g/mol. The summed E-state index contributed by atoms with van der Waals surface area (Å²) in [6.45, 7) is 2.98. The molecule has 0 aliphatic carbocycles. The van der Waals surface area contributed by atoms with Gasteiger partial charge in [-0.25, -0.2) is 0 Å². The Morgan fingerprint density at radius 3 is 2.29 bits per heavy atom. The van der Waals surface area contributed by atoms with Crippen LogP contribution >= 0.6 is 0 Å². The lowest BCUT2D eigenvalue weighted by Gasteiger charge is -2.14. The van der Waals surface area contributed by atoms with Gasteiger partial charge in [0.05, 0.1) is 6.04 Å². The number of amides is 1. The van der Waals surface area contributed by atoms with E-state index in [9.17, 15) is 14.4 Å². The second-order valence-electron chi connectivity index (χ2n) is 3.87. The summed E-state index contributed by atoms with van der Waals surface area (Å²) in [5.41, 5.74) is 0.621. The summed E-state index contributed by atoms with van der Waals surface area (Å²) in [6.07, 6.45) is 0.581. The molecule has 0 saturated carbocycles. The highest BCUT2D eigenvalue weighted by Crippen LogP contribution is 2.13. The Kier molecular flexibility index (Phi) is 4.57. The molecule has 1 rings (SSSR count). The Morgan fingerprint density at radius 2 is 1.82 bits per heavy atom. The molecule has 2 atom stereocenters. The van der Waals surface area contributed by atoms with Crippen molar-refractivity contribution in [3.63, 3.8) is 0 Å². The number of benzene rings is 1. The maximum absolute atomic E-state index is 11.8. The molecule has 1 aromatic rings. The average Bonchev–Trinajstić information content (AvgIpc) is 2.31. The first-order valence-corrected chi connectivity index (χ1v) is 5.37. The highest BCUT2D eigenvalue weighted by atomic mass is 16.2. The Hall–Kier alpha value is -1.97. The van der Waals surface area contributed by atoms with Gasteiger partial charge in [0.15, 0.2) is 5.78 Å². The summed E-state index contributed by atoms with van der Waals surface area (Å²) < 4.78 is 0. The minimum atomic E-state index is -0.863. The molecule has 1 amide bonds. The van der Waals surface area contributed by atoms with Crippen molar-refractivity contribution in [3.8, 4) is 0 Å². The van der Waals surface area contributed by atoms with Crippen molar-refractivity contribution in [1.82, 2.24) is 5.32 Å². The molecule has 0 aromatic heterocycles. The van der Waals surface area contributed by atoms with Gasteiger partial charge < -0.3 is 10.1 Å². The highest BCUT2D eigenvalue weighted by molar-refractivity contribution is 5.99. The molecule has 4 heteroatoms. The summed E-state index contributed by atoms with van der Waals surface area (Å²) in [5.74, 6) is -1.46. The second-order valence-corrected chi connectivity index (χ2v) is 3.87. The molecule has 1 N–H and O–H groups in total. The lowest BCUT2D eigenvalue weighted by molar-refractivity contribution is -0.129. The fraction of sp³-hybridized carbons (Fsp3) is 0.308. The summed E-state index contributed by atoms with van der Waals surface area (Å²) >= 11 is 0. The number of ketones is 1.